The highest BCUT2D eigenvalue weighted by molar-refractivity contribution is 7.89. The van der Waals surface area contributed by atoms with Gasteiger partial charge in [0, 0.05) is 32.2 Å². The van der Waals surface area contributed by atoms with Gasteiger partial charge in [-0.2, -0.15) is 4.31 Å². The molecular formula is C14H22ClN3O2S. The van der Waals surface area contributed by atoms with Gasteiger partial charge in [-0.3, -0.25) is 4.90 Å². The van der Waals surface area contributed by atoms with Gasteiger partial charge in [0.15, 0.2) is 0 Å². The highest BCUT2D eigenvalue weighted by Crippen LogP contribution is 2.25. The summed E-state index contributed by atoms with van der Waals surface area (Å²) < 4.78 is 26.7. The van der Waals surface area contributed by atoms with Crippen LogP contribution in [0, 0.1) is 0 Å². The minimum Gasteiger partial charge on any atom is -0.397 e. The Balaban J connectivity index is 2.13. The van der Waals surface area contributed by atoms with E-state index < -0.39 is 10.0 Å². The number of piperazine rings is 1. The molecule has 0 aliphatic carbocycles. The fraction of sp³-hybridized carbons (Fsp3) is 0.571. The number of hydrogen-bond acceptors (Lipinski definition) is 4. The third kappa shape index (κ3) is 3.51. The lowest BCUT2D eigenvalue weighted by Crippen LogP contribution is -2.51. The van der Waals surface area contributed by atoms with Crippen LogP contribution in [0.4, 0.5) is 5.69 Å². The molecule has 1 aliphatic rings. The lowest BCUT2D eigenvalue weighted by atomic mass is 10.2. The van der Waals surface area contributed by atoms with Crippen molar-refractivity contribution in [2.75, 3.05) is 31.9 Å². The van der Waals surface area contributed by atoms with Crippen molar-refractivity contribution in [3.05, 3.63) is 23.2 Å². The van der Waals surface area contributed by atoms with Crippen LogP contribution < -0.4 is 5.73 Å². The number of nitrogen functional groups attached to an aromatic ring is 1. The van der Waals surface area contributed by atoms with Gasteiger partial charge in [0.2, 0.25) is 10.0 Å². The maximum Gasteiger partial charge on any atom is 0.243 e. The van der Waals surface area contributed by atoms with Crippen LogP contribution >= 0.6 is 11.6 Å². The van der Waals surface area contributed by atoms with Crippen molar-refractivity contribution < 1.29 is 8.42 Å². The normalized spacial score (nSPS) is 19.6. The van der Waals surface area contributed by atoms with Gasteiger partial charge in [-0.25, -0.2) is 8.42 Å². The van der Waals surface area contributed by atoms with Crippen LogP contribution in [0.2, 0.25) is 5.02 Å². The first kappa shape index (κ1) is 16.5. The second-order valence-corrected chi connectivity index (χ2v) is 7.73. The van der Waals surface area contributed by atoms with Crippen molar-refractivity contribution in [2.45, 2.75) is 31.2 Å². The topological polar surface area (TPSA) is 66.6 Å². The van der Waals surface area contributed by atoms with Crippen molar-refractivity contribution >= 4 is 27.3 Å². The minimum absolute atomic E-state index is 0.210. The summed E-state index contributed by atoms with van der Waals surface area (Å²) in [5, 5.41) is 0.371. The summed E-state index contributed by atoms with van der Waals surface area (Å²) in [4.78, 5) is 2.53. The zero-order valence-electron chi connectivity index (χ0n) is 12.4. The molecule has 2 rings (SSSR count). The molecule has 1 atom stereocenters. The maximum atomic E-state index is 12.6. The van der Waals surface area contributed by atoms with Gasteiger partial charge < -0.3 is 5.73 Å². The SMILES string of the molecule is CCC(C)N1CCN(S(=O)(=O)c2ccc(Cl)c(N)c2)CC1. The Morgan fingerprint density at radius 3 is 2.43 bits per heavy atom. The van der Waals surface area contributed by atoms with Crippen molar-refractivity contribution in [3.8, 4) is 0 Å². The molecule has 1 unspecified atom stereocenters. The summed E-state index contributed by atoms with van der Waals surface area (Å²) >= 11 is 5.85. The first-order valence-electron chi connectivity index (χ1n) is 7.15. The van der Waals surface area contributed by atoms with E-state index in [2.05, 4.69) is 18.7 Å². The molecule has 1 aliphatic heterocycles. The molecule has 1 saturated heterocycles. The molecule has 1 aromatic rings. The third-order valence-corrected chi connectivity index (χ3v) is 6.33. The van der Waals surface area contributed by atoms with Gasteiger partial charge in [-0.1, -0.05) is 18.5 Å². The Bertz CT molecular complexity index is 598. The zero-order valence-corrected chi connectivity index (χ0v) is 14.0. The van der Waals surface area contributed by atoms with Crippen molar-refractivity contribution in [1.29, 1.82) is 0 Å². The van der Waals surface area contributed by atoms with Gasteiger partial charge >= 0.3 is 0 Å². The molecule has 118 valence electrons. The smallest absolute Gasteiger partial charge is 0.243 e. The molecule has 0 bridgehead atoms. The Morgan fingerprint density at radius 2 is 1.90 bits per heavy atom. The quantitative estimate of drug-likeness (QED) is 0.857. The average Bonchev–Trinajstić information content (AvgIpc) is 2.49. The number of benzene rings is 1. The molecule has 1 heterocycles. The predicted octanol–water partition coefficient (Wildman–Crippen LogP) is 2.03. The summed E-state index contributed by atoms with van der Waals surface area (Å²) in [6, 6.07) is 4.95. The Hall–Kier alpha value is -0.820. The van der Waals surface area contributed by atoms with Crippen LogP contribution in [-0.2, 0) is 10.0 Å². The zero-order chi connectivity index (χ0) is 15.6. The van der Waals surface area contributed by atoms with E-state index >= 15 is 0 Å². The minimum atomic E-state index is -3.49. The molecule has 0 amide bonds. The Kier molecular flexibility index (Phi) is 5.14. The second-order valence-electron chi connectivity index (χ2n) is 5.38. The highest BCUT2D eigenvalue weighted by atomic mass is 35.5. The number of nitrogens with two attached hydrogens (primary N) is 1. The standard InChI is InChI=1S/C14H22ClN3O2S/c1-3-11(2)17-6-8-18(9-7-17)21(19,20)12-4-5-13(15)14(16)10-12/h4-5,10-11H,3,6-9,16H2,1-2H3. The molecule has 5 nitrogen and oxygen atoms in total. The van der Waals surface area contributed by atoms with Crippen molar-refractivity contribution in [3.63, 3.8) is 0 Å². The molecule has 0 aromatic heterocycles. The molecule has 1 fully saturated rings. The van der Waals surface area contributed by atoms with E-state index in [1.165, 1.54) is 22.5 Å². The molecular weight excluding hydrogens is 310 g/mol. The van der Waals surface area contributed by atoms with E-state index in [1.54, 1.807) is 0 Å². The van der Waals surface area contributed by atoms with Crippen LogP contribution in [0.5, 0.6) is 0 Å². The van der Waals surface area contributed by atoms with E-state index in [-0.39, 0.29) is 10.6 Å². The fourth-order valence-electron chi connectivity index (χ4n) is 2.47. The summed E-state index contributed by atoms with van der Waals surface area (Å²) in [7, 11) is -3.49. The van der Waals surface area contributed by atoms with E-state index in [0.717, 1.165) is 19.5 Å². The van der Waals surface area contributed by atoms with E-state index in [4.69, 9.17) is 17.3 Å². The van der Waals surface area contributed by atoms with Crippen molar-refractivity contribution in [1.82, 2.24) is 9.21 Å². The lowest BCUT2D eigenvalue weighted by molar-refractivity contribution is 0.142. The van der Waals surface area contributed by atoms with Gasteiger partial charge in [0.1, 0.15) is 0 Å². The lowest BCUT2D eigenvalue weighted by Gasteiger charge is -2.37. The molecule has 21 heavy (non-hydrogen) atoms. The number of halogens is 1. The molecule has 1 aromatic carbocycles. The van der Waals surface area contributed by atoms with Crippen LogP contribution in [0.3, 0.4) is 0 Å². The van der Waals surface area contributed by atoms with Gasteiger partial charge in [-0.15, -0.1) is 0 Å². The van der Waals surface area contributed by atoms with E-state index in [0.29, 0.717) is 24.2 Å². The monoisotopic (exact) mass is 331 g/mol. The molecule has 0 spiro atoms. The van der Waals surface area contributed by atoms with Gasteiger partial charge in [0.05, 0.1) is 15.6 Å². The second kappa shape index (κ2) is 6.52. The number of rotatable bonds is 4. The number of sulfonamides is 1. The summed E-state index contributed by atoms with van der Waals surface area (Å²) in [5.74, 6) is 0. The molecule has 0 saturated carbocycles. The first-order chi connectivity index (χ1) is 9.86. The number of anilines is 1. The average molecular weight is 332 g/mol. The largest absolute Gasteiger partial charge is 0.397 e. The Morgan fingerprint density at radius 1 is 1.29 bits per heavy atom. The Labute approximate surface area is 131 Å². The van der Waals surface area contributed by atoms with Crippen LogP contribution in [0.15, 0.2) is 23.1 Å². The summed E-state index contributed by atoms with van der Waals surface area (Å²) in [6.45, 7) is 6.85. The van der Waals surface area contributed by atoms with Crippen LogP contribution in [0.25, 0.3) is 0 Å². The van der Waals surface area contributed by atoms with Crippen LogP contribution in [0.1, 0.15) is 20.3 Å². The van der Waals surface area contributed by atoms with E-state index in [9.17, 15) is 8.42 Å². The van der Waals surface area contributed by atoms with Gasteiger partial charge in [0.25, 0.3) is 0 Å². The van der Waals surface area contributed by atoms with Crippen molar-refractivity contribution in [2.24, 2.45) is 0 Å². The number of hydrogen-bond donors (Lipinski definition) is 1. The summed E-state index contributed by atoms with van der Waals surface area (Å²) in [5.41, 5.74) is 5.99. The molecule has 7 heteroatoms. The molecule has 2 N–H and O–H groups in total. The van der Waals surface area contributed by atoms with E-state index in [1.807, 2.05) is 0 Å². The predicted molar refractivity (Wildman–Crippen MR) is 85.9 cm³/mol. The third-order valence-electron chi connectivity index (χ3n) is 4.09. The maximum absolute atomic E-state index is 12.6. The van der Waals surface area contributed by atoms with Crippen LogP contribution in [-0.4, -0.2) is 49.8 Å². The summed E-state index contributed by atoms with van der Waals surface area (Å²) in [6.07, 6.45) is 1.07. The number of nitrogens with zero attached hydrogens (tertiary/aromatic N) is 2. The first-order valence-corrected chi connectivity index (χ1v) is 8.97. The highest BCUT2D eigenvalue weighted by Gasteiger charge is 2.29. The van der Waals surface area contributed by atoms with Gasteiger partial charge in [-0.05, 0) is 31.5 Å². The fourth-order valence-corrected chi connectivity index (χ4v) is 4.05. The molecule has 0 radical (unpaired) electrons.